The van der Waals surface area contributed by atoms with Gasteiger partial charge in [0.1, 0.15) is 5.75 Å². The summed E-state index contributed by atoms with van der Waals surface area (Å²) >= 11 is 3.62. The van der Waals surface area contributed by atoms with Crippen molar-refractivity contribution in [3.63, 3.8) is 0 Å². The van der Waals surface area contributed by atoms with Gasteiger partial charge in [-0.3, -0.25) is 14.3 Å². The summed E-state index contributed by atoms with van der Waals surface area (Å²) in [7, 11) is -1.26. The Bertz CT molecular complexity index is 1810. The molecule has 3 aromatic carbocycles. The van der Waals surface area contributed by atoms with Gasteiger partial charge in [0.15, 0.2) is 13.9 Å². The van der Waals surface area contributed by atoms with E-state index in [9.17, 15) is 19.5 Å². The third kappa shape index (κ3) is 6.44. The van der Waals surface area contributed by atoms with Crippen molar-refractivity contribution in [3.05, 3.63) is 99.8 Å². The number of carbonyl (C=O) groups excluding carboxylic acids is 2. The van der Waals surface area contributed by atoms with E-state index < -0.39 is 20.0 Å². The lowest BCUT2D eigenvalue weighted by atomic mass is 9.82. The third-order valence-corrected chi connectivity index (χ3v) is 12.4. The Kier molecular flexibility index (Phi) is 9.60. The lowest BCUT2D eigenvalue weighted by Crippen LogP contribution is -2.46. The number of methoxy groups -OCH3 is 1. The van der Waals surface area contributed by atoms with Crippen LogP contribution in [-0.4, -0.2) is 64.8 Å². The third-order valence-electron chi connectivity index (χ3n) is 9.42. The maximum atomic E-state index is 14.8. The Hall–Kier alpha value is -3.88. The summed E-state index contributed by atoms with van der Waals surface area (Å²) in [6.45, 7) is 6.58. The van der Waals surface area contributed by atoms with Gasteiger partial charge < -0.3 is 29.6 Å². The number of amides is 2. The number of aliphatic hydroxyl groups excluding tert-OH is 1. The van der Waals surface area contributed by atoms with Crippen LogP contribution in [0, 0.1) is 5.92 Å². The molecule has 1 spiro atoms. The van der Waals surface area contributed by atoms with E-state index in [1.807, 2.05) is 68.7 Å². The highest BCUT2D eigenvalue weighted by molar-refractivity contribution is 9.10. The molecule has 4 atom stereocenters. The molecular formula is C35H40BrN5O6Si. The van der Waals surface area contributed by atoms with Crippen LogP contribution in [0.1, 0.15) is 40.5 Å². The number of hydrogen-bond donors (Lipinski definition) is 3. The lowest BCUT2D eigenvalue weighted by Gasteiger charge is -2.32. The van der Waals surface area contributed by atoms with E-state index in [4.69, 9.17) is 9.47 Å². The van der Waals surface area contributed by atoms with Gasteiger partial charge in [0.25, 0.3) is 11.8 Å². The molecule has 6 rings (SSSR count). The number of nitrogens with one attached hydrogen (secondary N) is 1. The van der Waals surface area contributed by atoms with E-state index in [2.05, 4.69) is 31.6 Å². The molecule has 3 N–H and O–H groups in total. The molecule has 11 nitrogen and oxygen atoms in total. The Morgan fingerprint density at radius 2 is 1.92 bits per heavy atom. The SMILES string of the molecule is COc1ccc(C(=O)Nc2cccc(CN3C(=O)[C@]4(O[C@H](CCn5cc(CCO)nn5)[C@@H]([Si](C)(C)O)[C@@H]4C)c4cc(Br)ccc43)c2)cc1. The average molecular weight is 735 g/mol. The summed E-state index contributed by atoms with van der Waals surface area (Å²) in [4.78, 5) is 41.1. The monoisotopic (exact) mass is 733 g/mol. The van der Waals surface area contributed by atoms with Crippen molar-refractivity contribution in [3.8, 4) is 5.75 Å². The first-order chi connectivity index (χ1) is 22.9. The van der Waals surface area contributed by atoms with E-state index in [-0.39, 0.29) is 36.4 Å². The first-order valence-electron chi connectivity index (χ1n) is 16.0. The normalized spacial score (nSPS) is 21.9. The van der Waals surface area contributed by atoms with Gasteiger partial charge in [0, 0.05) is 58.5 Å². The van der Waals surface area contributed by atoms with Gasteiger partial charge in [-0.1, -0.05) is 40.2 Å². The first kappa shape index (κ1) is 34.0. The van der Waals surface area contributed by atoms with Gasteiger partial charge in [0.05, 0.1) is 31.1 Å². The molecule has 0 radical (unpaired) electrons. The maximum Gasteiger partial charge on any atom is 0.264 e. The van der Waals surface area contributed by atoms with Gasteiger partial charge in [-0.25, -0.2) is 0 Å². The topological polar surface area (TPSA) is 139 Å². The minimum absolute atomic E-state index is 0.00690. The van der Waals surface area contributed by atoms with E-state index in [0.29, 0.717) is 42.1 Å². The lowest BCUT2D eigenvalue weighted by molar-refractivity contribution is -0.146. The zero-order chi connectivity index (χ0) is 34.2. The van der Waals surface area contributed by atoms with Crippen molar-refractivity contribution >= 4 is 47.4 Å². The van der Waals surface area contributed by atoms with Gasteiger partial charge in [-0.2, -0.15) is 0 Å². The Labute approximate surface area is 289 Å². The minimum Gasteiger partial charge on any atom is -0.497 e. The van der Waals surface area contributed by atoms with E-state index in [1.54, 1.807) is 41.0 Å². The maximum absolute atomic E-state index is 14.8. The van der Waals surface area contributed by atoms with Crippen molar-refractivity contribution in [2.24, 2.45) is 5.92 Å². The van der Waals surface area contributed by atoms with Crippen LogP contribution in [0.3, 0.4) is 0 Å². The van der Waals surface area contributed by atoms with Gasteiger partial charge in [0.2, 0.25) is 0 Å². The summed E-state index contributed by atoms with van der Waals surface area (Å²) in [6, 6.07) is 20.2. The Morgan fingerprint density at radius 1 is 1.15 bits per heavy atom. The summed E-state index contributed by atoms with van der Waals surface area (Å²) in [5.41, 5.74) is 2.66. The number of nitrogens with zero attached hydrogens (tertiary/aromatic N) is 4. The van der Waals surface area contributed by atoms with Crippen molar-refractivity contribution in [1.82, 2.24) is 15.0 Å². The number of carbonyl (C=O) groups is 2. The number of ether oxygens (including phenoxy) is 2. The molecule has 13 heteroatoms. The zero-order valence-corrected chi connectivity index (χ0v) is 30.0. The largest absolute Gasteiger partial charge is 0.497 e. The van der Waals surface area contributed by atoms with Gasteiger partial charge in [-0.05, 0) is 79.7 Å². The Balaban J connectivity index is 1.27. The highest BCUT2D eigenvalue weighted by Crippen LogP contribution is 2.60. The van der Waals surface area contributed by atoms with Crippen molar-refractivity contribution < 1.29 is 29.0 Å². The van der Waals surface area contributed by atoms with Crippen LogP contribution in [-0.2, 0) is 34.6 Å². The van der Waals surface area contributed by atoms with E-state index in [0.717, 1.165) is 21.3 Å². The van der Waals surface area contributed by atoms with Crippen LogP contribution < -0.4 is 15.0 Å². The molecule has 2 amide bonds. The summed E-state index contributed by atoms with van der Waals surface area (Å²) in [5, 5.41) is 20.6. The summed E-state index contributed by atoms with van der Waals surface area (Å²) < 4.78 is 14.7. The number of aryl methyl sites for hydroxylation is 1. The smallest absolute Gasteiger partial charge is 0.264 e. The number of halogens is 1. The Morgan fingerprint density at radius 3 is 2.62 bits per heavy atom. The molecule has 0 bridgehead atoms. The van der Waals surface area contributed by atoms with Crippen LogP contribution >= 0.6 is 15.9 Å². The molecule has 0 saturated carbocycles. The number of hydrogen-bond acceptors (Lipinski definition) is 8. The number of fused-ring (bicyclic) bond motifs is 2. The van der Waals surface area contributed by atoms with Crippen LogP contribution in [0.25, 0.3) is 0 Å². The molecule has 48 heavy (non-hydrogen) atoms. The highest BCUT2D eigenvalue weighted by Gasteiger charge is 2.66. The number of benzene rings is 3. The zero-order valence-electron chi connectivity index (χ0n) is 27.4. The van der Waals surface area contributed by atoms with Crippen LogP contribution in [0.15, 0.2) is 77.4 Å². The predicted octanol–water partition coefficient (Wildman–Crippen LogP) is 5.27. The molecule has 2 aliphatic heterocycles. The molecule has 1 saturated heterocycles. The van der Waals surface area contributed by atoms with E-state index >= 15 is 0 Å². The molecule has 1 fully saturated rings. The number of anilines is 2. The molecule has 2 aliphatic rings. The molecular weight excluding hydrogens is 694 g/mol. The van der Waals surface area contributed by atoms with Crippen molar-refractivity contribution in [2.45, 2.75) is 63.2 Å². The fourth-order valence-electron chi connectivity index (χ4n) is 7.29. The van der Waals surface area contributed by atoms with Crippen molar-refractivity contribution in [1.29, 1.82) is 0 Å². The molecule has 1 aromatic heterocycles. The summed E-state index contributed by atoms with van der Waals surface area (Å²) in [6.07, 6.45) is 2.36. The summed E-state index contributed by atoms with van der Waals surface area (Å²) in [5.74, 6) is -0.0687. The minimum atomic E-state index is -2.84. The number of aliphatic hydroxyl groups is 1. The van der Waals surface area contributed by atoms with Gasteiger partial charge in [-0.15, -0.1) is 5.10 Å². The average Bonchev–Trinajstić information content (AvgIpc) is 3.70. The fraction of sp³-hybridized carbons (Fsp3) is 0.371. The van der Waals surface area contributed by atoms with Crippen molar-refractivity contribution in [2.75, 3.05) is 23.9 Å². The van der Waals surface area contributed by atoms with Crippen LogP contribution in [0.5, 0.6) is 5.75 Å². The van der Waals surface area contributed by atoms with E-state index in [1.165, 1.54) is 0 Å². The molecule has 252 valence electrons. The second-order valence-corrected chi connectivity index (χ2v) is 17.9. The predicted molar refractivity (Wildman–Crippen MR) is 187 cm³/mol. The van der Waals surface area contributed by atoms with Crippen LogP contribution in [0.2, 0.25) is 18.6 Å². The van der Waals surface area contributed by atoms with Crippen LogP contribution in [0.4, 0.5) is 11.4 Å². The number of aromatic nitrogens is 3. The second-order valence-electron chi connectivity index (χ2n) is 13.0. The molecule has 3 heterocycles. The molecule has 4 aromatic rings. The molecule has 0 unspecified atom stereocenters. The number of rotatable bonds is 11. The fourth-order valence-corrected chi connectivity index (χ4v) is 10.3. The highest BCUT2D eigenvalue weighted by atomic mass is 79.9. The first-order valence-corrected chi connectivity index (χ1v) is 19.8. The second kappa shape index (κ2) is 13.6. The quantitative estimate of drug-likeness (QED) is 0.177. The van der Waals surface area contributed by atoms with Gasteiger partial charge >= 0.3 is 0 Å². The molecule has 0 aliphatic carbocycles. The standard InChI is InChI=1S/C35H40BrN5O6Si/c1-22-32(48(3,4)45)31(14-16-40-21-27(15-17-42)38-39-40)47-35(22)29-19-25(36)10-13-30(29)41(34(35)44)20-23-6-5-7-26(18-23)37-33(43)24-8-11-28(46-2)12-9-24/h5-13,18-19,21-22,31-32,42,45H,14-17,20H2,1-4H3,(H,37,43)/t22-,31+,32-,35+/m0/s1.